The van der Waals surface area contributed by atoms with E-state index in [9.17, 15) is 4.79 Å². The summed E-state index contributed by atoms with van der Waals surface area (Å²) in [5.41, 5.74) is 1.17. The van der Waals surface area contributed by atoms with Gasteiger partial charge in [-0.05, 0) is 31.7 Å². The van der Waals surface area contributed by atoms with Crippen molar-refractivity contribution in [3.05, 3.63) is 18.0 Å². The Morgan fingerprint density at radius 1 is 1.50 bits per heavy atom. The van der Waals surface area contributed by atoms with Crippen molar-refractivity contribution in [2.24, 2.45) is 0 Å². The number of rotatable bonds is 5. The summed E-state index contributed by atoms with van der Waals surface area (Å²) in [6.45, 7) is 3.56. The molecule has 100 valence electrons. The van der Waals surface area contributed by atoms with Gasteiger partial charge in [0.15, 0.2) is 0 Å². The summed E-state index contributed by atoms with van der Waals surface area (Å²) in [5, 5.41) is 10.1. The van der Waals surface area contributed by atoms with E-state index in [1.54, 1.807) is 0 Å². The van der Waals surface area contributed by atoms with Crippen molar-refractivity contribution < 1.29 is 4.79 Å². The topological polar surface area (TPSA) is 59.0 Å². The summed E-state index contributed by atoms with van der Waals surface area (Å²) in [6, 6.07) is 0.359. The number of hydrogen-bond acceptors (Lipinski definition) is 2. The van der Waals surface area contributed by atoms with Crippen LogP contribution in [0, 0.1) is 6.92 Å². The van der Waals surface area contributed by atoms with E-state index in [1.807, 2.05) is 24.0 Å². The van der Waals surface area contributed by atoms with Crippen molar-refractivity contribution in [3.63, 3.8) is 0 Å². The molecular formula is C13H22N4O. The summed E-state index contributed by atoms with van der Waals surface area (Å²) >= 11 is 0. The van der Waals surface area contributed by atoms with Gasteiger partial charge in [0.1, 0.15) is 0 Å². The standard InChI is InChI=1S/C13H22N4O/c1-11-9-15-17(10-11)8-4-7-14-13(18)16-12-5-2-3-6-12/h9-10,12H,2-8H2,1H3,(H2,14,16,18). The van der Waals surface area contributed by atoms with Crippen LogP contribution in [0.4, 0.5) is 4.79 Å². The minimum Gasteiger partial charge on any atom is -0.338 e. The molecule has 1 heterocycles. The molecule has 0 spiro atoms. The first kappa shape index (κ1) is 12.9. The number of aromatic nitrogens is 2. The third kappa shape index (κ3) is 4.05. The molecule has 5 heteroatoms. The van der Waals surface area contributed by atoms with Gasteiger partial charge in [-0.15, -0.1) is 0 Å². The maximum atomic E-state index is 11.6. The highest BCUT2D eigenvalue weighted by Crippen LogP contribution is 2.17. The summed E-state index contributed by atoms with van der Waals surface area (Å²) < 4.78 is 1.91. The first-order valence-corrected chi connectivity index (χ1v) is 6.77. The molecule has 18 heavy (non-hydrogen) atoms. The minimum atomic E-state index is -0.0291. The molecule has 0 saturated heterocycles. The van der Waals surface area contributed by atoms with Crippen LogP contribution in [-0.2, 0) is 6.54 Å². The lowest BCUT2D eigenvalue weighted by molar-refractivity contribution is 0.236. The van der Waals surface area contributed by atoms with Crippen molar-refractivity contribution in [3.8, 4) is 0 Å². The number of nitrogens with zero attached hydrogens (tertiary/aromatic N) is 2. The van der Waals surface area contributed by atoms with Crippen molar-refractivity contribution in [2.45, 2.75) is 51.6 Å². The lowest BCUT2D eigenvalue weighted by Crippen LogP contribution is -2.41. The molecule has 0 aromatic carbocycles. The Labute approximate surface area is 108 Å². The largest absolute Gasteiger partial charge is 0.338 e. The molecule has 0 atom stereocenters. The zero-order valence-corrected chi connectivity index (χ0v) is 11.0. The predicted octanol–water partition coefficient (Wildman–Crippen LogP) is 1.82. The summed E-state index contributed by atoms with van der Waals surface area (Å²) in [7, 11) is 0. The fourth-order valence-corrected chi connectivity index (χ4v) is 2.34. The smallest absolute Gasteiger partial charge is 0.315 e. The molecule has 0 radical (unpaired) electrons. The number of carbonyl (C=O) groups excluding carboxylic acids is 1. The highest BCUT2D eigenvalue weighted by molar-refractivity contribution is 5.74. The number of carbonyl (C=O) groups is 1. The Morgan fingerprint density at radius 2 is 2.28 bits per heavy atom. The van der Waals surface area contributed by atoms with Crippen molar-refractivity contribution in [1.82, 2.24) is 20.4 Å². The molecule has 1 aliphatic carbocycles. The molecule has 1 fully saturated rings. The Hall–Kier alpha value is -1.52. The van der Waals surface area contributed by atoms with E-state index in [0.717, 1.165) is 25.8 Å². The van der Waals surface area contributed by atoms with Gasteiger partial charge in [-0.2, -0.15) is 5.10 Å². The first-order chi connectivity index (χ1) is 8.74. The van der Waals surface area contributed by atoms with Crippen molar-refractivity contribution >= 4 is 6.03 Å². The Kier molecular flexibility index (Phi) is 4.61. The number of aryl methyl sites for hydroxylation is 2. The van der Waals surface area contributed by atoms with Crippen LogP contribution in [0.1, 0.15) is 37.7 Å². The Balaban J connectivity index is 1.56. The number of hydrogen-bond donors (Lipinski definition) is 2. The van der Waals surface area contributed by atoms with E-state index < -0.39 is 0 Å². The van der Waals surface area contributed by atoms with Gasteiger partial charge in [0, 0.05) is 25.3 Å². The number of nitrogens with one attached hydrogen (secondary N) is 2. The minimum absolute atomic E-state index is 0.0291. The average Bonchev–Trinajstić information content (AvgIpc) is 2.96. The predicted molar refractivity (Wildman–Crippen MR) is 70.4 cm³/mol. The first-order valence-electron chi connectivity index (χ1n) is 6.77. The molecule has 0 unspecified atom stereocenters. The third-order valence-electron chi connectivity index (χ3n) is 3.30. The second kappa shape index (κ2) is 6.42. The van der Waals surface area contributed by atoms with E-state index >= 15 is 0 Å². The summed E-state index contributed by atoms with van der Waals surface area (Å²) in [6.07, 6.45) is 9.49. The van der Waals surface area contributed by atoms with Crippen LogP contribution >= 0.6 is 0 Å². The van der Waals surface area contributed by atoms with E-state index in [0.29, 0.717) is 12.6 Å². The van der Waals surface area contributed by atoms with Gasteiger partial charge >= 0.3 is 6.03 Å². The lowest BCUT2D eigenvalue weighted by Gasteiger charge is -2.12. The van der Waals surface area contributed by atoms with Crippen molar-refractivity contribution in [1.29, 1.82) is 0 Å². The van der Waals surface area contributed by atoms with Crippen LogP contribution in [-0.4, -0.2) is 28.4 Å². The maximum Gasteiger partial charge on any atom is 0.315 e. The summed E-state index contributed by atoms with van der Waals surface area (Å²) in [5.74, 6) is 0. The van der Waals surface area contributed by atoms with Crippen LogP contribution in [0.15, 0.2) is 12.4 Å². The van der Waals surface area contributed by atoms with E-state index in [1.165, 1.54) is 18.4 Å². The SMILES string of the molecule is Cc1cnn(CCCNC(=O)NC2CCCC2)c1. The summed E-state index contributed by atoms with van der Waals surface area (Å²) in [4.78, 5) is 11.6. The van der Waals surface area contributed by atoms with Gasteiger partial charge in [-0.1, -0.05) is 12.8 Å². The third-order valence-corrected chi connectivity index (χ3v) is 3.30. The molecule has 0 bridgehead atoms. The monoisotopic (exact) mass is 250 g/mol. The molecule has 2 N–H and O–H groups in total. The van der Waals surface area contributed by atoms with Gasteiger partial charge in [-0.25, -0.2) is 4.79 Å². The molecule has 1 saturated carbocycles. The Morgan fingerprint density at radius 3 is 2.94 bits per heavy atom. The molecule has 1 aromatic heterocycles. The van der Waals surface area contributed by atoms with E-state index in [4.69, 9.17) is 0 Å². The second-order valence-corrected chi connectivity index (χ2v) is 5.02. The highest BCUT2D eigenvalue weighted by atomic mass is 16.2. The van der Waals surface area contributed by atoms with Crippen LogP contribution in [0.3, 0.4) is 0 Å². The van der Waals surface area contributed by atoms with E-state index in [-0.39, 0.29) is 6.03 Å². The number of urea groups is 1. The zero-order chi connectivity index (χ0) is 12.8. The molecule has 2 amide bonds. The maximum absolute atomic E-state index is 11.6. The quantitative estimate of drug-likeness (QED) is 0.783. The Bertz CT molecular complexity index is 382. The normalized spacial score (nSPS) is 15.8. The van der Waals surface area contributed by atoms with Gasteiger partial charge in [0.2, 0.25) is 0 Å². The fourth-order valence-electron chi connectivity index (χ4n) is 2.34. The average molecular weight is 250 g/mol. The molecule has 5 nitrogen and oxygen atoms in total. The molecule has 1 aliphatic rings. The van der Waals surface area contributed by atoms with Gasteiger partial charge in [0.05, 0.1) is 6.20 Å². The van der Waals surface area contributed by atoms with Gasteiger partial charge in [0.25, 0.3) is 0 Å². The lowest BCUT2D eigenvalue weighted by atomic mass is 10.2. The fraction of sp³-hybridized carbons (Fsp3) is 0.692. The highest BCUT2D eigenvalue weighted by Gasteiger charge is 2.16. The second-order valence-electron chi connectivity index (χ2n) is 5.02. The van der Waals surface area contributed by atoms with Gasteiger partial charge < -0.3 is 10.6 Å². The van der Waals surface area contributed by atoms with Crippen molar-refractivity contribution in [2.75, 3.05) is 6.54 Å². The molecule has 2 rings (SSSR count). The van der Waals surface area contributed by atoms with Crippen LogP contribution in [0.2, 0.25) is 0 Å². The number of amides is 2. The van der Waals surface area contributed by atoms with Crippen LogP contribution < -0.4 is 10.6 Å². The molecule has 0 aliphatic heterocycles. The van der Waals surface area contributed by atoms with Crippen LogP contribution in [0.5, 0.6) is 0 Å². The van der Waals surface area contributed by atoms with Gasteiger partial charge in [-0.3, -0.25) is 4.68 Å². The van der Waals surface area contributed by atoms with E-state index in [2.05, 4.69) is 15.7 Å². The van der Waals surface area contributed by atoms with Crippen LogP contribution in [0.25, 0.3) is 0 Å². The molecular weight excluding hydrogens is 228 g/mol. The molecule has 1 aromatic rings. The zero-order valence-electron chi connectivity index (χ0n) is 11.0.